The summed E-state index contributed by atoms with van der Waals surface area (Å²) in [5, 5.41) is 13.4. The van der Waals surface area contributed by atoms with E-state index in [2.05, 4.69) is 16.2 Å². The van der Waals surface area contributed by atoms with Crippen molar-refractivity contribution >= 4 is 11.6 Å². The molecule has 25 heavy (non-hydrogen) atoms. The second-order valence-corrected chi connectivity index (χ2v) is 6.72. The number of carbonyl (C=O) groups is 1. The van der Waals surface area contributed by atoms with Crippen LogP contribution in [-0.2, 0) is 16.0 Å². The largest absolute Gasteiger partial charge is 0.372 e. The van der Waals surface area contributed by atoms with Crippen LogP contribution < -0.4 is 0 Å². The first-order chi connectivity index (χ1) is 11.9. The molecule has 7 heteroatoms. The van der Waals surface area contributed by atoms with Gasteiger partial charge in [0.15, 0.2) is 5.65 Å². The van der Waals surface area contributed by atoms with E-state index in [-0.39, 0.29) is 18.1 Å². The van der Waals surface area contributed by atoms with E-state index in [1.165, 1.54) is 6.20 Å². The summed E-state index contributed by atoms with van der Waals surface area (Å²) in [6.07, 6.45) is 2.72. The molecule has 2 atom stereocenters. The quantitative estimate of drug-likeness (QED) is 0.850. The first-order valence-corrected chi connectivity index (χ1v) is 8.57. The van der Waals surface area contributed by atoms with Gasteiger partial charge in [-0.15, -0.1) is 0 Å². The molecule has 3 rings (SSSR count). The minimum atomic E-state index is 0.0719. The molecule has 0 aromatic carbocycles. The number of carbonyl (C=O) groups excluding carboxylic acids is 1. The highest BCUT2D eigenvalue weighted by Crippen LogP contribution is 2.19. The van der Waals surface area contributed by atoms with Gasteiger partial charge < -0.3 is 9.64 Å². The molecule has 0 bridgehead atoms. The van der Waals surface area contributed by atoms with Crippen LogP contribution in [0.5, 0.6) is 0 Å². The maximum Gasteiger partial charge on any atom is 0.223 e. The monoisotopic (exact) mass is 341 g/mol. The Hall–Kier alpha value is -2.46. The molecule has 0 aliphatic carbocycles. The van der Waals surface area contributed by atoms with Crippen molar-refractivity contribution in [3.8, 4) is 6.07 Å². The summed E-state index contributed by atoms with van der Waals surface area (Å²) in [5.41, 5.74) is 3.83. The van der Waals surface area contributed by atoms with Crippen LogP contribution in [0.4, 0.5) is 0 Å². The van der Waals surface area contributed by atoms with Crippen molar-refractivity contribution in [2.24, 2.45) is 0 Å². The van der Waals surface area contributed by atoms with Gasteiger partial charge in [-0.3, -0.25) is 4.79 Å². The molecule has 1 saturated heterocycles. The lowest BCUT2D eigenvalue weighted by Gasteiger charge is -2.35. The SMILES string of the molecule is Cc1nc2c(C#N)cnn2c(C)c1CCC(=O)N1C[C@@H](C)O[C@H](C)C1. The summed E-state index contributed by atoms with van der Waals surface area (Å²) < 4.78 is 7.37. The van der Waals surface area contributed by atoms with Crippen LogP contribution in [0.25, 0.3) is 5.65 Å². The van der Waals surface area contributed by atoms with Crippen molar-refractivity contribution in [2.45, 2.75) is 52.7 Å². The van der Waals surface area contributed by atoms with E-state index < -0.39 is 0 Å². The van der Waals surface area contributed by atoms with Gasteiger partial charge in [-0.2, -0.15) is 10.4 Å². The predicted molar refractivity (Wildman–Crippen MR) is 92.1 cm³/mol. The van der Waals surface area contributed by atoms with Crippen LogP contribution >= 0.6 is 0 Å². The average Bonchev–Trinajstić information content (AvgIpc) is 2.96. The Balaban J connectivity index is 1.77. The second-order valence-electron chi connectivity index (χ2n) is 6.72. The summed E-state index contributed by atoms with van der Waals surface area (Å²) >= 11 is 0. The lowest BCUT2D eigenvalue weighted by Crippen LogP contribution is -2.48. The number of hydrogen-bond acceptors (Lipinski definition) is 5. The number of morpholine rings is 1. The van der Waals surface area contributed by atoms with Crippen LogP contribution in [0, 0.1) is 25.2 Å². The number of hydrogen-bond donors (Lipinski definition) is 0. The number of ether oxygens (including phenoxy) is 1. The highest BCUT2D eigenvalue weighted by atomic mass is 16.5. The third-order valence-electron chi connectivity index (χ3n) is 4.69. The standard InChI is InChI=1S/C18H23N5O2/c1-11-9-22(10-12(2)25-11)17(24)6-5-16-13(3)21-18-15(7-19)8-20-23(18)14(16)4/h8,11-12H,5-6,9-10H2,1-4H3/t11-,12-/m1/s1. The summed E-state index contributed by atoms with van der Waals surface area (Å²) in [7, 11) is 0. The zero-order valence-electron chi connectivity index (χ0n) is 15.1. The van der Waals surface area contributed by atoms with E-state index in [1.54, 1.807) is 4.52 Å². The fourth-order valence-corrected chi connectivity index (χ4v) is 3.52. The maximum absolute atomic E-state index is 12.6. The molecule has 0 radical (unpaired) electrons. The van der Waals surface area contributed by atoms with Gasteiger partial charge in [-0.25, -0.2) is 9.50 Å². The fourth-order valence-electron chi connectivity index (χ4n) is 3.52. The van der Waals surface area contributed by atoms with Gasteiger partial charge in [0, 0.05) is 30.9 Å². The molecule has 0 N–H and O–H groups in total. The molecule has 2 aromatic heterocycles. The first-order valence-electron chi connectivity index (χ1n) is 8.57. The summed E-state index contributed by atoms with van der Waals surface area (Å²) in [6, 6.07) is 2.11. The first kappa shape index (κ1) is 17.4. The van der Waals surface area contributed by atoms with Gasteiger partial charge in [0.2, 0.25) is 5.91 Å². The molecule has 1 amide bonds. The lowest BCUT2D eigenvalue weighted by atomic mass is 10.1. The Morgan fingerprint density at radius 3 is 2.68 bits per heavy atom. The van der Waals surface area contributed by atoms with Gasteiger partial charge >= 0.3 is 0 Å². The lowest BCUT2D eigenvalue weighted by molar-refractivity contribution is -0.143. The average molecular weight is 341 g/mol. The third kappa shape index (κ3) is 3.35. The van der Waals surface area contributed by atoms with Gasteiger partial charge in [-0.1, -0.05) is 0 Å². The number of fused-ring (bicyclic) bond motifs is 1. The molecule has 1 aliphatic rings. The normalized spacial score (nSPS) is 20.7. The van der Waals surface area contributed by atoms with E-state index >= 15 is 0 Å². The molecule has 2 aromatic rings. The van der Waals surface area contributed by atoms with Gasteiger partial charge in [-0.05, 0) is 39.7 Å². The molecule has 0 unspecified atom stereocenters. The summed E-state index contributed by atoms with van der Waals surface area (Å²) in [6.45, 7) is 9.14. The fraction of sp³-hybridized carbons (Fsp3) is 0.556. The molecular weight excluding hydrogens is 318 g/mol. The number of amides is 1. The Labute approximate surface area is 147 Å². The van der Waals surface area contributed by atoms with Crippen molar-refractivity contribution in [1.82, 2.24) is 19.5 Å². The number of rotatable bonds is 3. The van der Waals surface area contributed by atoms with E-state index in [9.17, 15) is 4.79 Å². The molecule has 0 spiro atoms. The zero-order valence-corrected chi connectivity index (χ0v) is 15.1. The van der Waals surface area contributed by atoms with Crippen LogP contribution in [0.1, 0.15) is 42.8 Å². The van der Waals surface area contributed by atoms with Crippen molar-refractivity contribution < 1.29 is 9.53 Å². The summed E-state index contributed by atoms with van der Waals surface area (Å²) in [5.74, 6) is 0.138. The Bertz CT molecular complexity index is 841. The smallest absolute Gasteiger partial charge is 0.223 e. The molecule has 7 nitrogen and oxygen atoms in total. The Morgan fingerprint density at radius 2 is 2.04 bits per heavy atom. The Kier molecular flexibility index (Phi) is 4.73. The minimum Gasteiger partial charge on any atom is -0.372 e. The van der Waals surface area contributed by atoms with Gasteiger partial charge in [0.05, 0.1) is 18.4 Å². The van der Waals surface area contributed by atoms with Crippen LogP contribution in [0.2, 0.25) is 0 Å². The number of nitriles is 1. The predicted octanol–water partition coefficient (Wildman–Crippen LogP) is 1.79. The molecular formula is C18H23N5O2. The molecule has 0 saturated carbocycles. The van der Waals surface area contributed by atoms with E-state index in [0.29, 0.717) is 37.1 Å². The number of nitrogens with zero attached hydrogens (tertiary/aromatic N) is 5. The number of aromatic nitrogens is 3. The van der Waals surface area contributed by atoms with Crippen molar-refractivity contribution in [3.63, 3.8) is 0 Å². The topological polar surface area (TPSA) is 83.5 Å². The Morgan fingerprint density at radius 1 is 1.36 bits per heavy atom. The van der Waals surface area contributed by atoms with Crippen molar-refractivity contribution in [3.05, 3.63) is 28.7 Å². The molecule has 1 aliphatic heterocycles. The van der Waals surface area contributed by atoms with Gasteiger partial charge in [0.25, 0.3) is 0 Å². The van der Waals surface area contributed by atoms with E-state index in [0.717, 1.165) is 17.0 Å². The number of aryl methyl sites for hydroxylation is 2. The highest BCUT2D eigenvalue weighted by Gasteiger charge is 2.26. The van der Waals surface area contributed by atoms with Crippen molar-refractivity contribution in [2.75, 3.05) is 13.1 Å². The van der Waals surface area contributed by atoms with E-state index in [1.807, 2.05) is 32.6 Å². The van der Waals surface area contributed by atoms with Crippen LogP contribution in [0.3, 0.4) is 0 Å². The third-order valence-corrected chi connectivity index (χ3v) is 4.69. The second kappa shape index (κ2) is 6.81. The van der Waals surface area contributed by atoms with Crippen molar-refractivity contribution in [1.29, 1.82) is 5.26 Å². The maximum atomic E-state index is 12.6. The van der Waals surface area contributed by atoms with Crippen LogP contribution in [0.15, 0.2) is 6.20 Å². The van der Waals surface area contributed by atoms with E-state index in [4.69, 9.17) is 10.00 Å². The molecule has 1 fully saturated rings. The van der Waals surface area contributed by atoms with Gasteiger partial charge in [0.1, 0.15) is 11.6 Å². The molecule has 3 heterocycles. The van der Waals surface area contributed by atoms with Crippen LogP contribution in [-0.4, -0.2) is 50.7 Å². The zero-order chi connectivity index (χ0) is 18.1. The summed E-state index contributed by atoms with van der Waals surface area (Å²) in [4.78, 5) is 19.0. The highest BCUT2D eigenvalue weighted by molar-refractivity contribution is 5.76. The molecule has 132 valence electrons. The minimum absolute atomic E-state index is 0.0719.